The first-order chi connectivity index (χ1) is 14.2. The minimum absolute atomic E-state index is 0.0171. The van der Waals surface area contributed by atoms with Gasteiger partial charge < -0.3 is 19.2 Å². The second kappa shape index (κ2) is 9.81. The van der Waals surface area contributed by atoms with E-state index in [0.29, 0.717) is 29.4 Å². The zero-order valence-corrected chi connectivity index (χ0v) is 15.9. The Hall–Kier alpha value is -3.98. The minimum Gasteiger partial charge on any atom is -0.493 e. The molecular weight excluding hydrogens is 368 g/mol. The van der Waals surface area contributed by atoms with Gasteiger partial charge in [-0.2, -0.15) is 5.26 Å². The fraction of sp³-hybridized carbons (Fsp3) is 0.130. The number of carbonyl (C=O) groups is 1. The van der Waals surface area contributed by atoms with Crippen molar-refractivity contribution in [2.24, 2.45) is 0 Å². The number of nitriles is 1. The molecule has 0 aliphatic heterocycles. The lowest BCUT2D eigenvalue weighted by Gasteiger charge is -2.11. The van der Waals surface area contributed by atoms with E-state index in [1.807, 2.05) is 36.4 Å². The molecule has 0 atom stereocenters. The molecule has 3 rings (SSSR count). The SMILES string of the molecule is COc1cc(/C=C(/C#N)C(=O)NCc2ccco2)ccc1OCc1ccccc1. The summed E-state index contributed by atoms with van der Waals surface area (Å²) < 4.78 is 16.4. The molecule has 6 nitrogen and oxygen atoms in total. The molecule has 0 bridgehead atoms. The number of rotatable bonds is 8. The molecule has 1 amide bonds. The Bertz CT molecular complexity index is 1020. The summed E-state index contributed by atoms with van der Waals surface area (Å²) in [6, 6.07) is 20.4. The maximum atomic E-state index is 12.3. The molecule has 0 spiro atoms. The highest BCUT2D eigenvalue weighted by atomic mass is 16.5. The van der Waals surface area contributed by atoms with Crippen molar-refractivity contribution in [1.82, 2.24) is 5.32 Å². The average Bonchev–Trinajstić information content (AvgIpc) is 3.29. The summed E-state index contributed by atoms with van der Waals surface area (Å²) in [7, 11) is 1.54. The van der Waals surface area contributed by atoms with E-state index < -0.39 is 5.91 Å². The zero-order chi connectivity index (χ0) is 20.5. The number of ether oxygens (including phenoxy) is 2. The molecule has 0 unspecified atom stereocenters. The van der Waals surface area contributed by atoms with Gasteiger partial charge in [0.1, 0.15) is 24.0 Å². The molecule has 6 heteroatoms. The van der Waals surface area contributed by atoms with Crippen LogP contribution >= 0.6 is 0 Å². The Labute approximate surface area is 169 Å². The van der Waals surface area contributed by atoms with Gasteiger partial charge in [0.25, 0.3) is 5.91 Å². The van der Waals surface area contributed by atoms with E-state index in [1.54, 1.807) is 37.4 Å². The van der Waals surface area contributed by atoms with Crippen LogP contribution in [0.2, 0.25) is 0 Å². The molecule has 3 aromatic rings. The molecule has 0 saturated carbocycles. The van der Waals surface area contributed by atoms with E-state index in [4.69, 9.17) is 13.9 Å². The maximum Gasteiger partial charge on any atom is 0.262 e. The summed E-state index contributed by atoms with van der Waals surface area (Å²) in [5.41, 5.74) is 1.67. The molecule has 0 radical (unpaired) electrons. The monoisotopic (exact) mass is 388 g/mol. The van der Waals surface area contributed by atoms with E-state index in [1.165, 1.54) is 12.3 Å². The number of furan rings is 1. The van der Waals surface area contributed by atoms with Gasteiger partial charge in [0.15, 0.2) is 11.5 Å². The van der Waals surface area contributed by atoms with Crippen molar-refractivity contribution in [3.8, 4) is 17.6 Å². The summed E-state index contributed by atoms with van der Waals surface area (Å²) >= 11 is 0. The first-order valence-electron chi connectivity index (χ1n) is 8.96. The minimum atomic E-state index is -0.479. The van der Waals surface area contributed by atoms with Crippen molar-refractivity contribution in [3.63, 3.8) is 0 Å². The maximum absolute atomic E-state index is 12.3. The number of amides is 1. The molecule has 0 saturated heterocycles. The number of methoxy groups -OCH3 is 1. The van der Waals surface area contributed by atoms with Crippen molar-refractivity contribution < 1.29 is 18.7 Å². The fourth-order valence-electron chi connectivity index (χ4n) is 2.62. The van der Waals surface area contributed by atoms with E-state index in [2.05, 4.69) is 5.32 Å². The lowest BCUT2D eigenvalue weighted by atomic mass is 10.1. The fourth-order valence-corrected chi connectivity index (χ4v) is 2.62. The van der Waals surface area contributed by atoms with Crippen LogP contribution in [-0.4, -0.2) is 13.0 Å². The molecule has 0 fully saturated rings. The van der Waals surface area contributed by atoms with Crippen LogP contribution in [0.3, 0.4) is 0 Å². The Balaban J connectivity index is 1.70. The van der Waals surface area contributed by atoms with E-state index in [-0.39, 0.29) is 12.1 Å². The largest absolute Gasteiger partial charge is 0.493 e. The molecule has 1 heterocycles. The van der Waals surface area contributed by atoms with Gasteiger partial charge in [0, 0.05) is 0 Å². The van der Waals surface area contributed by atoms with Gasteiger partial charge >= 0.3 is 0 Å². The second-order valence-corrected chi connectivity index (χ2v) is 6.12. The molecule has 29 heavy (non-hydrogen) atoms. The van der Waals surface area contributed by atoms with Gasteiger partial charge in [-0.15, -0.1) is 0 Å². The van der Waals surface area contributed by atoms with Gasteiger partial charge in [0.05, 0.1) is 19.9 Å². The quantitative estimate of drug-likeness (QED) is 0.464. The van der Waals surface area contributed by atoms with Gasteiger partial charge in [0.2, 0.25) is 0 Å². The number of carbonyl (C=O) groups excluding carboxylic acids is 1. The van der Waals surface area contributed by atoms with Crippen LogP contribution in [0.5, 0.6) is 11.5 Å². The summed E-state index contributed by atoms with van der Waals surface area (Å²) in [6.07, 6.45) is 3.02. The van der Waals surface area contributed by atoms with Crippen LogP contribution in [0, 0.1) is 11.3 Å². The third-order valence-corrected chi connectivity index (χ3v) is 4.10. The van der Waals surface area contributed by atoms with Crippen LogP contribution in [0.15, 0.2) is 76.9 Å². The number of nitrogens with zero attached hydrogens (tertiary/aromatic N) is 1. The Kier molecular flexibility index (Phi) is 6.69. The van der Waals surface area contributed by atoms with E-state index >= 15 is 0 Å². The van der Waals surface area contributed by atoms with Crippen molar-refractivity contribution in [1.29, 1.82) is 5.26 Å². The lowest BCUT2D eigenvalue weighted by molar-refractivity contribution is -0.117. The lowest BCUT2D eigenvalue weighted by Crippen LogP contribution is -2.23. The van der Waals surface area contributed by atoms with Crippen molar-refractivity contribution >= 4 is 12.0 Å². The Morgan fingerprint density at radius 3 is 2.66 bits per heavy atom. The normalized spacial score (nSPS) is 10.8. The molecule has 2 aromatic carbocycles. The van der Waals surface area contributed by atoms with Crippen LogP contribution in [0.1, 0.15) is 16.9 Å². The van der Waals surface area contributed by atoms with Crippen LogP contribution in [0.25, 0.3) is 6.08 Å². The highest BCUT2D eigenvalue weighted by molar-refractivity contribution is 6.01. The summed E-state index contributed by atoms with van der Waals surface area (Å²) in [5.74, 6) is 1.22. The standard InChI is InChI=1S/C23H20N2O4/c1-27-22-13-18(9-10-21(22)29-16-17-6-3-2-4-7-17)12-19(14-24)23(26)25-15-20-8-5-11-28-20/h2-13H,15-16H2,1H3,(H,25,26)/b19-12-. The number of hydrogen-bond donors (Lipinski definition) is 1. The van der Waals surface area contributed by atoms with Crippen molar-refractivity contribution in [2.45, 2.75) is 13.2 Å². The number of benzene rings is 2. The van der Waals surface area contributed by atoms with Gasteiger partial charge in [-0.1, -0.05) is 36.4 Å². The van der Waals surface area contributed by atoms with Crippen LogP contribution in [0.4, 0.5) is 0 Å². The van der Waals surface area contributed by atoms with Crippen LogP contribution in [-0.2, 0) is 17.9 Å². The number of nitrogens with one attached hydrogen (secondary N) is 1. The zero-order valence-electron chi connectivity index (χ0n) is 15.9. The predicted molar refractivity (Wildman–Crippen MR) is 108 cm³/mol. The third-order valence-electron chi connectivity index (χ3n) is 4.10. The molecule has 1 aromatic heterocycles. The Morgan fingerprint density at radius 2 is 1.97 bits per heavy atom. The van der Waals surface area contributed by atoms with Crippen molar-refractivity contribution in [3.05, 3.63) is 89.4 Å². The summed E-state index contributed by atoms with van der Waals surface area (Å²) in [6.45, 7) is 0.617. The van der Waals surface area contributed by atoms with Gasteiger partial charge in [-0.3, -0.25) is 4.79 Å². The highest BCUT2D eigenvalue weighted by Gasteiger charge is 2.11. The summed E-state index contributed by atoms with van der Waals surface area (Å²) in [4.78, 5) is 12.3. The van der Waals surface area contributed by atoms with E-state index in [9.17, 15) is 10.1 Å². The molecule has 0 aliphatic rings. The van der Waals surface area contributed by atoms with Crippen LogP contribution < -0.4 is 14.8 Å². The first-order valence-corrected chi connectivity index (χ1v) is 8.96. The third kappa shape index (κ3) is 5.50. The smallest absolute Gasteiger partial charge is 0.262 e. The summed E-state index contributed by atoms with van der Waals surface area (Å²) in [5, 5.41) is 12.0. The highest BCUT2D eigenvalue weighted by Crippen LogP contribution is 2.29. The first kappa shape index (κ1) is 19.8. The predicted octanol–water partition coefficient (Wildman–Crippen LogP) is 4.09. The second-order valence-electron chi connectivity index (χ2n) is 6.12. The molecular formula is C23H20N2O4. The molecule has 146 valence electrons. The Morgan fingerprint density at radius 1 is 1.14 bits per heavy atom. The van der Waals surface area contributed by atoms with Gasteiger partial charge in [-0.25, -0.2) is 0 Å². The molecule has 1 N–H and O–H groups in total. The van der Waals surface area contributed by atoms with Gasteiger partial charge in [-0.05, 0) is 41.5 Å². The van der Waals surface area contributed by atoms with Crippen molar-refractivity contribution in [2.75, 3.05) is 7.11 Å². The van der Waals surface area contributed by atoms with E-state index in [0.717, 1.165) is 5.56 Å². The molecule has 0 aliphatic carbocycles. The topological polar surface area (TPSA) is 84.5 Å². The number of hydrogen-bond acceptors (Lipinski definition) is 5. The average molecular weight is 388 g/mol.